The monoisotopic (exact) mass is 334 g/mol. The Bertz CT molecular complexity index is 540. The van der Waals surface area contributed by atoms with E-state index in [1.807, 2.05) is 31.2 Å². The highest BCUT2D eigenvalue weighted by Crippen LogP contribution is 2.23. The van der Waals surface area contributed by atoms with Crippen LogP contribution in [0.2, 0.25) is 0 Å². The predicted molar refractivity (Wildman–Crippen MR) is 96.7 cm³/mol. The van der Waals surface area contributed by atoms with E-state index in [1.54, 1.807) is 0 Å². The highest BCUT2D eigenvalue weighted by molar-refractivity contribution is 8.00. The second kappa shape index (κ2) is 8.96. The molecule has 1 aromatic rings. The third kappa shape index (κ3) is 6.65. The molecule has 0 radical (unpaired) electrons. The van der Waals surface area contributed by atoms with Gasteiger partial charge in [0.05, 0.1) is 11.5 Å². The van der Waals surface area contributed by atoms with Crippen molar-refractivity contribution < 1.29 is 9.59 Å². The quantitative estimate of drug-likeness (QED) is 0.838. The standard InChI is InChI=1S/C18H26N2O2S/c1-13-6-8-15(9-7-13)19-17(21)11-23-12-18(22)20-16-5-3-4-14(2)10-16/h3-5,10,13,15H,6-9,11-12H2,1-2H3,(H,19,21)(H,20,22). The Morgan fingerprint density at radius 3 is 2.52 bits per heavy atom. The highest BCUT2D eigenvalue weighted by atomic mass is 32.2. The van der Waals surface area contributed by atoms with E-state index < -0.39 is 0 Å². The Hall–Kier alpha value is -1.49. The Morgan fingerprint density at radius 2 is 1.83 bits per heavy atom. The van der Waals surface area contributed by atoms with Crippen molar-refractivity contribution in [2.45, 2.75) is 45.6 Å². The lowest BCUT2D eigenvalue weighted by Gasteiger charge is -2.26. The molecule has 4 nitrogen and oxygen atoms in total. The van der Waals surface area contributed by atoms with Crippen molar-refractivity contribution >= 4 is 29.3 Å². The van der Waals surface area contributed by atoms with E-state index in [4.69, 9.17) is 0 Å². The first-order valence-corrected chi connectivity index (χ1v) is 9.42. The lowest BCUT2D eigenvalue weighted by molar-refractivity contribution is -0.119. The molecule has 1 aliphatic rings. The molecule has 23 heavy (non-hydrogen) atoms. The molecule has 2 amide bonds. The summed E-state index contributed by atoms with van der Waals surface area (Å²) in [5.41, 5.74) is 1.91. The number of hydrogen-bond acceptors (Lipinski definition) is 3. The third-order valence-corrected chi connectivity index (χ3v) is 5.08. The fourth-order valence-corrected chi connectivity index (χ4v) is 3.46. The number of thioether (sulfide) groups is 1. The maximum absolute atomic E-state index is 11.9. The molecule has 5 heteroatoms. The SMILES string of the molecule is Cc1cccc(NC(=O)CSCC(=O)NC2CCC(C)CC2)c1. The van der Waals surface area contributed by atoms with Crippen LogP contribution in [-0.4, -0.2) is 29.4 Å². The maximum atomic E-state index is 11.9. The average Bonchev–Trinajstić information content (AvgIpc) is 2.49. The van der Waals surface area contributed by atoms with Gasteiger partial charge in [-0.25, -0.2) is 0 Å². The summed E-state index contributed by atoms with van der Waals surface area (Å²) in [4.78, 5) is 23.8. The van der Waals surface area contributed by atoms with Gasteiger partial charge in [-0.3, -0.25) is 9.59 Å². The van der Waals surface area contributed by atoms with Crippen molar-refractivity contribution in [2.24, 2.45) is 5.92 Å². The van der Waals surface area contributed by atoms with Crippen molar-refractivity contribution in [2.75, 3.05) is 16.8 Å². The Morgan fingerprint density at radius 1 is 1.13 bits per heavy atom. The Balaban J connectivity index is 1.62. The molecule has 2 N–H and O–H groups in total. The number of hydrogen-bond donors (Lipinski definition) is 2. The highest BCUT2D eigenvalue weighted by Gasteiger charge is 2.19. The molecule has 0 unspecified atom stereocenters. The summed E-state index contributed by atoms with van der Waals surface area (Å²) in [5, 5.41) is 5.93. The van der Waals surface area contributed by atoms with E-state index in [0.29, 0.717) is 17.5 Å². The molecule has 0 bridgehead atoms. The first-order valence-electron chi connectivity index (χ1n) is 8.26. The van der Waals surface area contributed by atoms with Gasteiger partial charge in [0.15, 0.2) is 0 Å². The second-order valence-corrected chi connectivity index (χ2v) is 7.42. The van der Waals surface area contributed by atoms with Gasteiger partial charge in [-0.15, -0.1) is 11.8 Å². The molecule has 0 saturated heterocycles. The van der Waals surface area contributed by atoms with Crippen molar-refractivity contribution in [3.63, 3.8) is 0 Å². The zero-order valence-corrected chi connectivity index (χ0v) is 14.7. The Labute approximate surface area is 142 Å². The molecule has 0 spiro atoms. The third-order valence-electron chi connectivity index (χ3n) is 4.15. The first kappa shape index (κ1) is 17.9. The minimum atomic E-state index is -0.0695. The first-order chi connectivity index (χ1) is 11.0. The van der Waals surface area contributed by atoms with Gasteiger partial charge >= 0.3 is 0 Å². The molecular weight excluding hydrogens is 308 g/mol. The molecule has 126 valence electrons. The van der Waals surface area contributed by atoms with Crippen LogP contribution in [0.1, 0.15) is 38.2 Å². The fourth-order valence-electron chi connectivity index (χ4n) is 2.83. The van der Waals surface area contributed by atoms with Gasteiger partial charge < -0.3 is 10.6 Å². The van der Waals surface area contributed by atoms with Crippen LogP contribution in [0.3, 0.4) is 0 Å². The zero-order valence-electron chi connectivity index (χ0n) is 13.9. The number of aryl methyl sites for hydroxylation is 1. The molecule has 0 atom stereocenters. The fraction of sp³-hybridized carbons (Fsp3) is 0.556. The van der Waals surface area contributed by atoms with Gasteiger partial charge in [-0.05, 0) is 56.2 Å². The zero-order chi connectivity index (χ0) is 16.7. The van der Waals surface area contributed by atoms with Gasteiger partial charge in [0.1, 0.15) is 0 Å². The van der Waals surface area contributed by atoms with Crippen LogP contribution >= 0.6 is 11.8 Å². The Kier molecular flexibility index (Phi) is 6.96. The van der Waals surface area contributed by atoms with Gasteiger partial charge in [0.2, 0.25) is 11.8 Å². The number of benzene rings is 1. The summed E-state index contributed by atoms with van der Waals surface area (Å²) in [6.45, 7) is 4.25. The number of rotatable bonds is 6. The van der Waals surface area contributed by atoms with E-state index in [0.717, 1.165) is 30.0 Å². The smallest absolute Gasteiger partial charge is 0.234 e. The van der Waals surface area contributed by atoms with Crippen LogP contribution in [-0.2, 0) is 9.59 Å². The minimum absolute atomic E-state index is 0.0397. The van der Waals surface area contributed by atoms with Crippen LogP contribution < -0.4 is 10.6 Å². The van der Waals surface area contributed by atoms with Crippen molar-refractivity contribution in [3.8, 4) is 0 Å². The van der Waals surface area contributed by atoms with E-state index >= 15 is 0 Å². The van der Waals surface area contributed by atoms with E-state index in [2.05, 4.69) is 17.6 Å². The predicted octanol–water partition coefficient (Wildman–Crippen LogP) is 3.36. The van der Waals surface area contributed by atoms with Crippen LogP contribution in [0, 0.1) is 12.8 Å². The summed E-state index contributed by atoms with van der Waals surface area (Å²) >= 11 is 1.36. The molecule has 1 aromatic carbocycles. The molecule has 1 saturated carbocycles. The number of nitrogens with one attached hydrogen (secondary N) is 2. The van der Waals surface area contributed by atoms with E-state index in [1.165, 1.54) is 24.6 Å². The molecule has 0 aliphatic heterocycles. The average molecular weight is 334 g/mol. The lowest BCUT2D eigenvalue weighted by Crippen LogP contribution is -2.38. The molecular formula is C18H26N2O2S. The van der Waals surface area contributed by atoms with E-state index in [9.17, 15) is 9.59 Å². The largest absolute Gasteiger partial charge is 0.353 e. The topological polar surface area (TPSA) is 58.2 Å². The van der Waals surface area contributed by atoms with Crippen LogP contribution in [0.25, 0.3) is 0 Å². The van der Waals surface area contributed by atoms with Gasteiger partial charge in [0.25, 0.3) is 0 Å². The minimum Gasteiger partial charge on any atom is -0.353 e. The second-order valence-electron chi connectivity index (χ2n) is 6.43. The molecule has 2 rings (SSSR count). The molecule has 1 aliphatic carbocycles. The number of carbonyl (C=O) groups excluding carboxylic acids is 2. The maximum Gasteiger partial charge on any atom is 0.234 e. The molecule has 1 fully saturated rings. The normalized spacial score (nSPS) is 20.8. The lowest BCUT2D eigenvalue weighted by atomic mass is 9.87. The summed E-state index contributed by atoms with van der Waals surface area (Å²) in [5.74, 6) is 1.39. The number of anilines is 1. The van der Waals surface area contributed by atoms with Gasteiger partial charge in [0, 0.05) is 11.7 Å². The number of carbonyl (C=O) groups is 2. The summed E-state index contributed by atoms with van der Waals surface area (Å²) in [6, 6.07) is 8.02. The van der Waals surface area contributed by atoms with Gasteiger partial charge in [-0.1, -0.05) is 19.1 Å². The van der Waals surface area contributed by atoms with Crippen molar-refractivity contribution in [1.82, 2.24) is 5.32 Å². The van der Waals surface area contributed by atoms with Gasteiger partial charge in [-0.2, -0.15) is 0 Å². The van der Waals surface area contributed by atoms with Crippen molar-refractivity contribution in [3.05, 3.63) is 29.8 Å². The molecule has 0 heterocycles. The van der Waals surface area contributed by atoms with Crippen LogP contribution in [0.15, 0.2) is 24.3 Å². The van der Waals surface area contributed by atoms with Crippen molar-refractivity contribution in [1.29, 1.82) is 0 Å². The number of amides is 2. The summed E-state index contributed by atoms with van der Waals surface area (Å²) in [7, 11) is 0. The summed E-state index contributed by atoms with van der Waals surface area (Å²) in [6.07, 6.45) is 4.53. The van der Waals surface area contributed by atoms with E-state index in [-0.39, 0.29) is 11.8 Å². The molecule has 0 aromatic heterocycles. The summed E-state index contributed by atoms with van der Waals surface area (Å²) < 4.78 is 0. The van der Waals surface area contributed by atoms with Crippen LogP contribution in [0.5, 0.6) is 0 Å². The van der Waals surface area contributed by atoms with Crippen LogP contribution in [0.4, 0.5) is 5.69 Å².